The smallest absolute Gasteiger partial charge is 0.171 e. The van der Waals surface area contributed by atoms with Gasteiger partial charge in [0.2, 0.25) is 0 Å². The first-order valence-corrected chi connectivity index (χ1v) is 2.01. The first kappa shape index (κ1) is 4.33. The zero-order chi connectivity index (χ0) is 5.11. The van der Waals surface area contributed by atoms with Crippen molar-refractivity contribution in [2.45, 2.75) is 6.29 Å². The number of nitrogens with zero attached hydrogens (tertiary/aromatic N) is 1. The molecule has 1 aliphatic heterocycles. The molecule has 37 valence electrons. The largest absolute Gasteiger partial charge is 0.350 e. The lowest BCUT2D eigenvalue weighted by Gasteiger charge is -2.05. The molecule has 0 aromatic carbocycles. The van der Waals surface area contributed by atoms with Crippen LogP contribution in [0.5, 0.6) is 0 Å². The number of hydrogen-bond acceptors (Lipinski definition) is 3. The minimum atomic E-state index is -0.287. The van der Waals surface area contributed by atoms with Crippen LogP contribution in [-0.2, 0) is 0 Å². The third-order valence-corrected chi connectivity index (χ3v) is 0.636. The summed E-state index contributed by atoms with van der Waals surface area (Å²) in [6, 6.07) is 0. The monoisotopic (exact) mass is 96.1 g/mol. The number of hydrogen-bond donors (Lipinski definition) is 2. The molecule has 0 amide bonds. The summed E-state index contributed by atoms with van der Waals surface area (Å²) in [6.07, 6.45) is 5.68. The molecule has 0 aromatic heterocycles. The van der Waals surface area contributed by atoms with Crippen LogP contribution in [0.15, 0.2) is 11.1 Å². The Morgan fingerprint density at radius 3 is 3.00 bits per heavy atom. The van der Waals surface area contributed by atoms with Crippen molar-refractivity contribution in [2.75, 3.05) is 0 Å². The van der Waals surface area contributed by atoms with Crippen molar-refractivity contribution >= 4 is 6.21 Å². The molecule has 1 atom stereocenters. The van der Waals surface area contributed by atoms with Crippen LogP contribution >= 0.6 is 0 Å². The molecule has 0 aromatic rings. The predicted molar refractivity (Wildman–Crippen MR) is 27.4 cm³/mol. The third-order valence-electron chi connectivity index (χ3n) is 0.636. The van der Waals surface area contributed by atoms with Gasteiger partial charge >= 0.3 is 0 Å². The quantitative estimate of drug-likeness (QED) is 0.415. The zero-order valence-corrected chi connectivity index (χ0v) is 3.76. The minimum absolute atomic E-state index is 0.287. The van der Waals surface area contributed by atoms with Crippen molar-refractivity contribution in [2.24, 2.45) is 10.7 Å². The molecule has 0 saturated heterocycles. The Morgan fingerprint density at radius 1 is 1.86 bits per heavy atom. The summed E-state index contributed by atoms with van der Waals surface area (Å²) in [6.45, 7) is 0. The van der Waals surface area contributed by atoms with Gasteiger partial charge in [0, 0.05) is 6.21 Å². The van der Waals surface area contributed by atoms with Crippen LogP contribution in [0.1, 0.15) is 0 Å². The average Bonchev–Trinajstić information content (AvgIpc) is 1.69. The van der Waals surface area contributed by atoms with Crippen LogP contribution in [0.25, 0.3) is 0 Å². The molecule has 0 aliphatic carbocycles. The summed E-state index contributed by atoms with van der Waals surface area (Å²) in [4.78, 5) is 3.75. The van der Waals surface area contributed by atoms with E-state index in [9.17, 15) is 0 Å². The Kier molecular flexibility index (Phi) is 1.08. The summed E-state index contributed by atoms with van der Waals surface area (Å²) in [5.74, 6) is 0. The lowest BCUT2D eigenvalue weighted by molar-refractivity contribution is 0.626. The van der Waals surface area contributed by atoms with Crippen molar-refractivity contribution in [3.8, 4) is 0 Å². The van der Waals surface area contributed by atoms with Gasteiger partial charge < -0.3 is 5.32 Å². The number of aliphatic imine (C=N–C) groups is 1. The molecule has 1 aliphatic rings. The van der Waals surface area contributed by atoms with E-state index in [-0.39, 0.29) is 6.29 Å². The molecule has 0 bridgehead atoms. The second-order valence-electron chi connectivity index (χ2n) is 1.20. The second kappa shape index (κ2) is 1.75. The summed E-state index contributed by atoms with van der Waals surface area (Å²) < 4.78 is 0. The molecule has 1 radical (unpaired) electrons. The maximum atomic E-state index is 5.24. The molecule has 0 fully saturated rings. The fourth-order valence-corrected chi connectivity index (χ4v) is 0.344. The summed E-state index contributed by atoms with van der Waals surface area (Å²) in [5, 5.41) is 2.66. The van der Waals surface area contributed by atoms with E-state index >= 15 is 0 Å². The highest BCUT2D eigenvalue weighted by molar-refractivity contribution is 5.70. The normalized spacial score (nSPS) is 27.3. The molecule has 3 N–H and O–H groups in total. The van der Waals surface area contributed by atoms with E-state index in [0.717, 1.165) is 0 Å². The maximum Gasteiger partial charge on any atom is 0.171 e. The number of allylic oxidation sites excluding steroid dienone is 1. The highest BCUT2D eigenvalue weighted by Gasteiger charge is 1.92. The van der Waals surface area contributed by atoms with Crippen LogP contribution in [0.3, 0.4) is 0 Å². The van der Waals surface area contributed by atoms with Gasteiger partial charge in [-0.1, -0.05) is 0 Å². The molecule has 1 unspecified atom stereocenters. The van der Waals surface area contributed by atoms with Gasteiger partial charge in [-0.05, 0) is 6.08 Å². The van der Waals surface area contributed by atoms with E-state index < -0.39 is 0 Å². The highest BCUT2D eigenvalue weighted by atomic mass is 15.2. The maximum absolute atomic E-state index is 5.24. The Hall–Kier alpha value is -0.830. The molecule has 1 heterocycles. The Bertz CT molecular complexity index is 106. The molecule has 1 rings (SSSR count). The standard InChI is InChI=1S/C4H6N3/c5-4-6-2-1-3-7-4/h1-2,4,7H,5H2. The first-order valence-electron chi connectivity index (χ1n) is 2.01. The summed E-state index contributed by atoms with van der Waals surface area (Å²) >= 11 is 0. The van der Waals surface area contributed by atoms with Crippen LogP contribution in [0, 0.1) is 6.20 Å². The van der Waals surface area contributed by atoms with Gasteiger partial charge in [-0.3, -0.25) is 10.7 Å². The summed E-state index contributed by atoms with van der Waals surface area (Å²) in [5.41, 5.74) is 5.24. The van der Waals surface area contributed by atoms with Crippen LogP contribution < -0.4 is 11.1 Å². The van der Waals surface area contributed by atoms with Gasteiger partial charge in [-0.15, -0.1) is 0 Å². The predicted octanol–water partition coefficient (Wildman–Crippen LogP) is -0.780. The topological polar surface area (TPSA) is 50.4 Å². The average molecular weight is 96.1 g/mol. The fourth-order valence-electron chi connectivity index (χ4n) is 0.344. The van der Waals surface area contributed by atoms with Crippen LogP contribution in [0.2, 0.25) is 0 Å². The highest BCUT2D eigenvalue weighted by Crippen LogP contribution is 1.78. The lowest BCUT2D eigenvalue weighted by atomic mass is 10.6. The zero-order valence-electron chi connectivity index (χ0n) is 3.76. The molecule has 0 spiro atoms. The Morgan fingerprint density at radius 2 is 2.71 bits per heavy atom. The van der Waals surface area contributed by atoms with E-state index in [4.69, 9.17) is 5.73 Å². The second-order valence-corrected chi connectivity index (χ2v) is 1.20. The van der Waals surface area contributed by atoms with Gasteiger partial charge in [0.1, 0.15) is 0 Å². The summed E-state index contributed by atoms with van der Waals surface area (Å²) in [7, 11) is 0. The number of nitrogens with two attached hydrogens (primary N) is 1. The molecule has 7 heavy (non-hydrogen) atoms. The van der Waals surface area contributed by atoms with E-state index in [0.29, 0.717) is 0 Å². The van der Waals surface area contributed by atoms with E-state index in [2.05, 4.69) is 16.5 Å². The van der Waals surface area contributed by atoms with Crippen molar-refractivity contribution < 1.29 is 0 Å². The third kappa shape index (κ3) is 1.01. The number of rotatable bonds is 0. The molecular formula is C4H6N3. The van der Waals surface area contributed by atoms with Gasteiger partial charge in [-0.25, -0.2) is 0 Å². The van der Waals surface area contributed by atoms with E-state index in [1.54, 1.807) is 12.3 Å². The van der Waals surface area contributed by atoms with E-state index in [1.807, 2.05) is 0 Å². The van der Waals surface area contributed by atoms with Gasteiger partial charge in [0.25, 0.3) is 0 Å². The van der Waals surface area contributed by atoms with E-state index in [1.165, 1.54) is 0 Å². The SMILES string of the molecule is NC1N=CC=[C]N1. The van der Waals surface area contributed by atoms with Gasteiger partial charge in [0.15, 0.2) is 6.29 Å². The lowest BCUT2D eigenvalue weighted by Crippen LogP contribution is -2.33. The van der Waals surface area contributed by atoms with Crippen molar-refractivity contribution in [1.82, 2.24) is 5.32 Å². The van der Waals surface area contributed by atoms with Gasteiger partial charge in [-0.2, -0.15) is 0 Å². The Labute approximate surface area is 41.9 Å². The van der Waals surface area contributed by atoms with Crippen LogP contribution in [0.4, 0.5) is 0 Å². The molecule has 3 heteroatoms. The van der Waals surface area contributed by atoms with Crippen molar-refractivity contribution in [3.05, 3.63) is 12.3 Å². The number of nitrogens with one attached hydrogen (secondary N) is 1. The molecular weight excluding hydrogens is 90.1 g/mol. The first-order chi connectivity index (χ1) is 3.39. The minimum Gasteiger partial charge on any atom is -0.350 e. The van der Waals surface area contributed by atoms with Gasteiger partial charge in [0.05, 0.1) is 6.20 Å². The molecule has 0 saturated carbocycles. The van der Waals surface area contributed by atoms with Crippen molar-refractivity contribution in [1.29, 1.82) is 0 Å². The fraction of sp³-hybridized carbons (Fsp3) is 0.250. The Balaban J connectivity index is 2.49. The van der Waals surface area contributed by atoms with Crippen molar-refractivity contribution in [3.63, 3.8) is 0 Å². The van der Waals surface area contributed by atoms with Crippen LogP contribution in [-0.4, -0.2) is 12.5 Å². The molecule has 3 nitrogen and oxygen atoms in total.